The molecular formula is C19H18ClFN2O2S2. The van der Waals surface area contributed by atoms with Crippen LogP contribution in [0, 0.1) is 12.7 Å². The highest BCUT2D eigenvalue weighted by molar-refractivity contribution is 7.91. The molecule has 1 aromatic heterocycles. The fraction of sp³-hybridized carbons (Fsp3) is 0.263. The van der Waals surface area contributed by atoms with Crippen LogP contribution >= 0.6 is 22.9 Å². The summed E-state index contributed by atoms with van der Waals surface area (Å²) in [4.78, 5) is 2.01. The van der Waals surface area contributed by atoms with Gasteiger partial charge in [-0.3, -0.25) is 0 Å². The summed E-state index contributed by atoms with van der Waals surface area (Å²) in [7, 11) is -3.57. The Hall–Kier alpha value is -1.67. The van der Waals surface area contributed by atoms with E-state index in [4.69, 9.17) is 11.6 Å². The Morgan fingerprint density at radius 2 is 1.81 bits per heavy atom. The lowest BCUT2D eigenvalue weighted by Gasteiger charge is -2.35. The van der Waals surface area contributed by atoms with Crippen molar-refractivity contribution in [1.29, 1.82) is 0 Å². The van der Waals surface area contributed by atoms with E-state index in [0.29, 0.717) is 35.4 Å². The van der Waals surface area contributed by atoms with Gasteiger partial charge in [0.1, 0.15) is 10.0 Å². The van der Waals surface area contributed by atoms with Crippen LogP contribution in [0.25, 0.3) is 10.1 Å². The minimum Gasteiger partial charge on any atom is -0.369 e. The maximum absolute atomic E-state index is 13.4. The van der Waals surface area contributed by atoms with Crippen LogP contribution < -0.4 is 4.90 Å². The first-order valence-corrected chi connectivity index (χ1v) is 11.2. The molecule has 142 valence electrons. The Balaban J connectivity index is 1.58. The number of sulfonamides is 1. The summed E-state index contributed by atoms with van der Waals surface area (Å²) in [5, 5.41) is 1.47. The highest BCUT2D eigenvalue weighted by Gasteiger charge is 2.31. The molecule has 3 aromatic rings. The average Bonchev–Trinajstić information content (AvgIpc) is 2.99. The summed E-state index contributed by atoms with van der Waals surface area (Å²) in [5.41, 5.74) is 1.52. The Morgan fingerprint density at radius 3 is 2.52 bits per heavy atom. The van der Waals surface area contributed by atoms with Crippen molar-refractivity contribution in [2.24, 2.45) is 0 Å². The standard InChI is InChI=1S/C19H18ClFN2O2S2/c1-13-17-11-14(20)5-6-18(17)26-19(13)27(24,25)23-9-7-22(8-10-23)16-4-2-3-15(21)12-16/h2-6,11-12H,7-10H2,1H3. The summed E-state index contributed by atoms with van der Waals surface area (Å²) >= 11 is 7.34. The molecule has 4 nitrogen and oxygen atoms in total. The van der Waals surface area contributed by atoms with E-state index in [1.807, 2.05) is 30.0 Å². The molecule has 0 unspecified atom stereocenters. The SMILES string of the molecule is Cc1c(S(=O)(=O)N2CCN(c3cccc(F)c3)CC2)sc2ccc(Cl)cc12. The number of piperazine rings is 1. The van der Waals surface area contributed by atoms with E-state index in [2.05, 4.69) is 0 Å². The monoisotopic (exact) mass is 424 g/mol. The van der Waals surface area contributed by atoms with E-state index in [9.17, 15) is 12.8 Å². The number of hydrogen-bond acceptors (Lipinski definition) is 4. The van der Waals surface area contributed by atoms with Crippen LogP contribution in [-0.4, -0.2) is 38.9 Å². The van der Waals surface area contributed by atoms with E-state index >= 15 is 0 Å². The van der Waals surface area contributed by atoms with Gasteiger partial charge in [-0.2, -0.15) is 4.31 Å². The molecule has 1 saturated heterocycles. The molecule has 0 amide bonds. The molecule has 0 saturated carbocycles. The summed E-state index contributed by atoms with van der Waals surface area (Å²) < 4.78 is 42.6. The number of fused-ring (bicyclic) bond motifs is 1. The molecule has 2 heterocycles. The smallest absolute Gasteiger partial charge is 0.252 e. The maximum Gasteiger partial charge on any atom is 0.252 e. The van der Waals surface area contributed by atoms with Crippen LogP contribution in [0.3, 0.4) is 0 Å². The third-order valence-electron chi connectivity index (χ3n) is 4.84. The molecule has 1 aliphatic heterocycles. The minimum absolute atomic E-state index is 0.290. The quantitative estimate of drug-likeness (QED) is 0.621. The van der Waals surface area contributed by atoms with Crippen LogP contribution in [0.1, 0.15) is 5.56 Å². The molecule has 0 N–H and O–H groups in total. The molecule has 1 fully saturated rings. The minimum atomic E-state index is -3.57. The Morgan fingerprint density at radius 1 is 1.07 bits per heavy atom. The van der Waals surface area contributed by atoms with E-state index in [-0.39, 0.29) is 5.82 Å². The third kappa shape index (κ3) is 3.45. The number of benzene rings is 2. The Bertz CT molecular complexity index is 1110. The molecule has 27 heavy (non-hydrogen) atoms. The Kier molecular flexibility index (Phi) is 4.88. The van der Waals surface area contributed by atoms with E-state index in [1.165, 1.54) is 27.8 Å². The van der Waals surface area contributed by atoms with Gasteiger partial charge in [0.25, 0.3) is 10.0 Å². The van der Waals surface area contributed by atoms with Crippen molar-refractivity contribution in [3.63, 3.8) is 0 Å². The number of rotatable bonds is 3. The average molecular weight is 425 g/mol. The van der Waals surface area contributed by atoms with Crippen LogP contribution in [0.5, 0.6) is 0 Å². The van der Waals surface area contributed by atoms with Gasteiger partial charge < -0.3 is 4.90 Å². The predicted octanol–water partition coefficient (Wildman–Crippen LogP) is 4.51. The molecule has 0 aliphatic carbocycles. The topological polar surface area (TPSA) is 40.6 Å². The molecule has 0 radical (unpaired) electrons. The fourth-order valence-corrected chi connectivity index (χ4v) is 6.87. The predicted molar refractivity (Wildman–Crippen MR) is 109 cm³/mol. The number of aryl methyl sites for hydroxylation is 1. The van der Waals surface area contributed by atoms with Crippen molar-refractivity contribution >= 4 is 48.7 Å². The van der Waals surface area contributed by atoms with Gasteiger partial charge in [0.15, 0.2) is 0 Å². The number of halogens is 2. The van der Waals surface area contributed by atoms with Crippen molar-refractivity contribution in [3.05, 3.63) is 58.9 Å². The Labute approximate surface area is 166 Å². The molecule has 0 bridgehead atoms. The molecule has 0 spiro atoms. The van der Waals surface area contributed by atoms with Gasteiger partial charge in [-0.25, -0.2) is 12.8 Å². The maximum atomic E-state index is 13.4. The second-order valence-electron chi connectivity index (χ2n) is 6.53. The first-order valence-electron chi connectivity index (χ1n) is 8.55. The molecule has 1 aliphatic rings. The molecule has 2 aromatic carbocycles. The van der Waals surface area contributed by atoms with Gasteiger partial charge in [0.2, 0.25) is 0 Å². The van der Waals surface area contributed by atoms with Crippen molar-refractivity contribution in [1.82, 2.24) is 4.31 Å². The largest absolute Gasteiger partial charge is 0.369 e. The van der Waals surface area contributed by atoms with Gasteiger partial charge in [-0.15, -0.1) is 11.3 Å². The van der Waals surface area contributed by atoms with Gasteiger partial charge in [0.05, 0.1) is 0 Å². The summed E-state index contributed by atoms with van der Waals surface area (Å²) in [6.07, 6.45) is 0. The first kappa shape index (κ1) is 18.7. The molecule has 8 heteroatoms. The van der Waals surface area contributed by atoms with Crippen LogP contribution in [0.4, 0.5) is 10.1 Å². The van der Waals surface area contributed by atoms with Gasteiger partial charge in [0, 0.05) is 41.6 Å². The second kappa shape index (κ2) is 7.05. The fourth-order valence-electron chi connectivity index (χ4n) is 3.39. The number of thiophene rings is 1. The van der Waals surface area contributed by atoms with Crippen molar-refractivity contribution in [3.8, 4) is 0 Å². The molecular weight excluding hydrogens is 407 g/mol. The lowest BCUT2D eigenvalue weighted by molar-refractivity contribution is 0.385. The lowest BCUT2D eigenvalue weighted by atomic mass is 10.2. The van der Waals surface area contributed by atoms with Crippen molar-refractivity contribution in [2.45, 2.75) is 11.1 Å². The lowest BCUT2D eigenvalue weighted by Crippen LogP contribution is -2.48. The molecule has 0 atom stereocenters. The highest BCUT2D eigenvalue weighted by Crippen LogP contribution is 2.37. The van der Waals surface area contributed by atoms with E-state index in [0.717, 1.165) is 21.3 Å². The van der Waals surface area contributed by atoms with E-state index < -0.39 is 10.0 Å². The van der Waals surface area contributed by atoms with Crippen molar-refractivity contribution < 1.29 is 12.8 Å². The van der Waals surface area contributed by atoms with Gasteiger partial charge >= 0.3 is 0 Å². The van der Waals surface area contributed by atoms with E-state index in [1.54, 1.807) is 12.1 Å². The zero-order chi connectivity index (χ0) is 19.2. The normalized spacial score (nSPS) is 16.2. The second-order valence-corrected chi connectivity index (χ2v) is 10.1. The van der Waals surface area contributed by atoms with Gasteiger partial charge in [-0.05, 0) is 54.3 Å². The summed E-state index contributed by atoms with van der Waals surface area (Å²) in [6.45, 7) is 3.61. The first-order chi connectivity index (χ1) is 12.9. The number of anilines is 1. The summed E-state index contributed by atoms with van der Waals surface area (Å²) in [6, 6.07) is 11.8. The third-order valence-corrected chi connectivity index (χ3v) is 8.84. The molecule has 4 rings (SSSR count). The van der Waals surface area contributed by atoms with Crippen LogP contribution in [-0.2, 0) is 10.0 Å². The number of nitrogens with zero attached hydrogens (tertiary/aromatic N) is 2. The zero-order valence-electron chi connectivity index (χ0n) is 14.7. The zero-order valence-corrected chi connectivity index (χ0v) is 17.0. The van der Waals surface area contributed by atoms with Crippen molar-refractivity contribution in [2.75, 3.05) is 31.1 Å². The van der Waals surface area contributed by atoms with Crippen LogP contribution in [0.15, 0.2) is 46.7 Å². The van der Waals surface area contributed by atoms with Gasteiger partial charge in [-0.1, -0.05) is 17.7 Å². The number of hydrogen-bond donors (Lipinski definition) is 0. The highest BCUT2D eigenvalue weighted by atomic mass is 35.5. The van der Waals surface area contributed by atoms with Crippen LogP contribution in [0.2, 0.25) is 5.02 Å². The summed E-state index contributed by atoms with van der Waals surface area (Å²) in [5.74, 6) is -0.290.